The van der Waals surface area contributed by atoms with Gasteiger partial charge in [0.1, 0.15) is 0 Å². The van der Waals surface area contributed by atoms with Gasteiger partial charge in [-0.2, -0.15) is 0 Å². The molecule has 0 aliphatic heterocycles. The number of rotatable bonds is 6. The number of carbonyl (C=O) groups excluding carboxylic acids is 1. The van der Waals surface area contributed by atoms with E-state index in [-0.39, 0.29) is 5.97 Å². The van der Waals surface area contributed by atoms with Crippen molar-refractivity contribution in [3.63, 3.8) is 0 Å². The van der Waals surface area contributed by atoms with E-state index in [0.29, 0.717) is 5.57 Å². The predicted octanol–water partition coefficient (Wildman–Crippen LogP) is 4.75. The molecule has 3 nitrogen and oxygen atoms in total. The van der Waals surface area contributed by atoms with Crippen LogP contribution in [-0.2, 0) is 20.7 Å². The number of aryl methyl sites for hydroxylation is 1. The largest absolute Gasteiger partial charge is 0.503 e. The minimum Gasteiger partial charge on any atom is -0.503 e. The summed E-state index contributed by atoms with van der Waals surface area (Å²) >= 11 is 0. The molecule has 0 bridgehead atoms. The van der Waals surface area contributed by atoms with Crippen LogP contribution in [0, 0.1) is 0 Å². The highest BCUT2D eigenvalue weighted by Crippen LogP contribution is 2.36. The quantitative estimate of drug-likeness (QED) is 0.327. The molecular weight excluding hydrogens is 300 g/mol. The minimum atomic E-state index is -0.337. The first-order chi connectivity index (χ1) is 11.6. The molecule has 128 valence electrons. The topological polar surface area (TPSA) is 35.5 Å². The Morgan fingerprint density at radius 1 is 1.04 bits per heavy atom. The van der Waals surface area contributed by atoms with E-state index >= 15 is 0 Å². The molecule has 24 heavy (non-hydrogen) atoms. The minimum absolute atomic E-state index is 0.337. The number of hydrogen-bond donors (Lipinski definition) is 0. The molecule has 0 unspecified atom stereocenters. The zero-order valence-electron chi connectivity index (χ0n) is 15.0. The molecule has 1 aliphatic rings. The molecular formula is C21H26O3. The van der Waals surface area contributed by atoms with Crippen LogP contribution in [0.25, 0.3) is 0 Å². The third-order valence-corrected chi connectivity index (χ3v) is 4.60. The van der Waals surface area contributed by atoms with Crippen molar-refractivity contribution in [3.8, 4) is 0 Å². The highest BCUT2D eigenvalue weighted by Gasteiger charge is 2.24. The van der Waals surface area contributed by atoms with Gasteiger partial charge in [-0.25, -0.2) is 4.79 Å². The lowest BCUT2D eigenvalue weighted by atomic mass is 9.82. The van der Waals surface area contributed by atoms with Crippen LogP contribution in [0.5, 0.6) is 0 Å². The van der Waals surface area contributed by atoms with Gasteiger partial charge in [-0.05, 0) is 50.7 Å². The van der Waals surface area contributed by atoms with Crippen molar-refractivity contribution in [1.29, 1.82) is 0 Å². The Balaban J connectivity index is 2.31. The number of carbonyl (C=O) groups is 1. The second kappa shape index (κ2) is 8.53. The van der Waals surface area contributed by atoms with Gasteiger partial charge in [0.05, 0.1) is 26.1 Å². The fourth-order valence-electron chi connectivity index (χ4n) is 3.05. The fraction of sp³-hybridized carbons (Fsp3) is 0.381. The van der Waals surface area contributed by atoms with Gasteiger partial charge in [-0.3, -0.25) is 0 Å². The number of ether oxygens (including phenoxy) is 2. The van der Waals surface area contributed by atoms with Crippen LogP contribution in [0.4, 0.5) is 0 Å². The molecule has 0 atom stereocenters. The van der Waals surface area contributed by atoms with Crippen LogP contribution in [0.15, 0.2) is 64.5 Å². The van der Waals surface area contributed by atoms with Crippen molar-refractivity contribution in [2.24, 2.45) is 0 Å². The Morgan fingerprint density at radius 2 is 1.71 bits per heavy atom. The van der Waals surface area contributed by atoms with Crippen molar-refractivity contribution in [1.82, 2.24) is 0 Å². The monoisotopic (exact) mass is 326 g/mol. The SMILES string of the molecule is CO/C=C(\C(=O)OC)C1=C(CCc2ccccc2)CC(C)=C(C)C1. The van der Waals surface area contributed by atoms with E-state index in [9.17, 15) is 4.79 Å². The smallest absolute Gasteiger partial charge is 0.341 e. The maximum atomic E-state index is 12.2. The highest BCUT2D eigenvalue weighted by molar-refractivity contribution is 5.93. The lowest BCUT2D eigenvalue weighted by molar-refractivity contribution is -0.136. The molecule has 0 aromatic heterocycles. The summed E-state index contributed by atoms with van der Waals surface area (Å²) in [6.07, 6.45) is 5.10. The normalized spacial score (nSPS) is 15.6. The van der Waals surface area contributed by atoms with Gasteiger partial charge in [0.2, 0.25) is 0 Å². The first-order valence-electron chi connectivity index (χ1n) is 8.28. The van der Waals surface area contributed by atoms with Crippen molar-refractivity contribution in [2.45, 2.75) is 39.5 Å². The van der Waals surface area contributed by atoms with Crippen LogP contribution in [0.2, 0.25) is 0 Å². The van der Waals surface area contributed by atoms with Gasteiger partial charge in [-0.15, -0.1) is 0 Å². The average Bonchev–Trinajstić information content (AvgIpc) is 2.60. The van der Waals surface area contributed by atoms with Gasteiger partial charge in [0.25, 0.3) is 0 Å². The van der Waals surface area contributed by atoms with Crippen molar-refractivity contribution in [3.05, 3.63) is 70.0 Å². The van der Waals surface area contributed by atoms with E-state index in [1.54, 1.807) is 7.11 Å². The van der Waals surface area contributed by atoms with Crippen LogP contribution < -0.4 is 0 Å². The number of allylic oxidation sites excluding steroid dienone is 3. The Bertz CT molecular complexity index is 678. The second-order valence-electron chi connectivity index (χ2n) is 6.24. The lowest BCUT2D eigenvalue weighted by Crippen LogP contribution is -2.13. The molecule has 1 aromatic rings. The van der Waals surface area contributed by atoms with E-state index in [4.69, 9.17) is 9.47 Å². The molecule has 1 aromatic carbocycles. The first-order valence-corrected chi connectivity index (χ1v) is 8.28. The zero-order valence-corrected chi connectivity index (χ0v) is 15.0. The standard InChI is InChI=1S/C21H26O3/c1-15-12-18(11-10-17-8-6-5-7-9-17)19(13-16(15)2)20(14-23-3)21(22)24-4/h5-9,14H,10-13H2,1-4H3/b20-14-. The fourth-order valence-corrected chi connectivity index (χ4v) is 3.05. The third kappa shape index (κ3) is 4.38. The van der Waals surface area contributed by atoms with E-state index in [0.717, 1.165) is 31.3 Å². The Morgan fingerprint density at radius 3 is 2.33 bits per heavy atom. The molecule has 3 heteroatoms. The van der Waals surface area contributed by atoms with E-state index in [1.807, 2.05) is 6.07 Å². The number of benzene rings is 1. The highest BCUT2D eigenvalue weighted by atomic mass is 16.5. The van der Waals surface area contributed by atoms with Crippen molar-refractivity contribution in [2.75, 3.05) is 14.2 Å². The molecule has 0 amide bonds. The molecule has 0 radical (unpaired) electrons. The summed E-state index contributed by atoms with van der Waals surface area (Å²) < 4.78 is 10.1. The maximum Gasteiger partial charge on any atom is 0.341 e. The third-order valence-electron chi connectivity index (χ3n) is 4.60. The van der Waals surface area contributed by atoms with Crippen LogP contribution in [0.1, 0.15) is 38.7 Å². The molecule has 0 saturated carbocycles. The van der Waals surface area contributed by atoms with Gasteiger partial charge in [0, 0.05) is 0 Å². The van der Waals surface area contributed by atoms with Crippen molar-refractivity contribution < 1.29 is 14.3 Å². The zero-order chi connectivity index (χ0) is 17.5. The van der Waals surface area contributed by atoms with Crippen LogP contribution >= 0.6 is 0 Å². The number of esters is 1. The van der Waals surface area contributed by atoms with E-state index in [2.05, 4.69) is 38.1 Å². The summed E-state index contributed by atoms with van der Waals surface area (Å²) in [4.78, 5) is 12.2. The van der Waals surface area contributed by atoms with E-state index < -0.39 is 0 Å². The first kappa shape index (κ1) is 18.1. The Labute approximate surface area is 144 Å². The summed E-state index contributed by atoms with van der Waals surface area (Å²) in [7, 11) is 2.97. The molecule has 2 rings (SSSR count). The Hall–Kier alpha value is -2.29. The molecule has 1 aliphatic carbocycles. The number of methoxy groups -OCH3 is 2. The lowest BCUT2D eigenvalue weighted by Gasteiger charge is -2.24. The maximum absolute atomic E-state index is 12.2. The molecule has 0 fully saturated rings. The van der Waals surface area contributed by atoms with Crippen LogP contribution in [-0.4, -0.2) is 20.2 Å². The molecule has 0 N–H and O–H groups in total. The summed E-state index contributed by atoms with van der Waals surface area (Å²) in [5, 5.41) is 0. The summed E-state index contributed by atoms with van der Waals surface area (Å²) in [5.41, 5.74) is 6.92. The van der Waals surface area contributed by atoms with Gasteiger partial charge < -0.3 is 9.47 Å². The average molecular weight is 326 g/mol. The van der Waals surface area contributed by atoms with Gasteiger partial charge >= 0.3 is 5.97 Å². The Kier molecular flexibility index (Phi) is 6.42. The molecule has 0 heterocycles. The van der Waals surface area contributed by atoms with Gasteiger partial charge in [-0.1, -0.05) is 47.1 Å². The predicted molar refractivity (Wildman–Crippen MR) is 96.5 cm³/mol. The molecule has 0 spiro atoms. The summed E-state index contributed by atoms with van der Waals surface area (Å²) in [5.74, 6) is -0.337. The summed E-state index contributed by atoms with van der Waals surface area (Å²) in [6, 6.07) is 10.4. The van der Waals surface area contributed by atoms with Crippen molar-refractivity contribution >= 4 is 5.97 Å². The molecule has 0 saturated heterocycles. The number of hydrogen-bond acceptors (Lipinski definition) is 3. The van der Waals surface area contributed by atoms with E-state index in [1.165, 1.54) is 35.7 Å². The van der Waals surface area contributed by atoms with Crippen LogP contribution in [0.3, 0.4) is 0 Å². The van der Waals surface area contributed by atoms with Gasteiger partial charge in [0.15, 0.2) is 0 Å². The second-order valence-corrected chi connectivity index (χ2v) is 6.24. The summed E-state index contributed by atoms with van der Waals surface area (Å²) in [6.45, 7) is 4.30.